The van der Waals surface area contributed by atoms with E-state index in [0.29, 0.717) is 6.61 Å². The second kappa shape index (κ2) is 5.37. The van der Waals surface area contributed by atoms with Crippen LogP contribution in [0.1, 0.15) is 39.3 Å². The molecule has 4 heteroatoms. The van der Waals surface area contributed by atoms with Crippen molar-refractivity contribution in [2.24, 2.45) is 11.1 Å². The number of ether oxygens (including phenoxy) is 1. The molecule has 2 atom stereocenters. The van der Waals surface area contributed by atoms with Gasteiger partial charge in [-0.05, 0) is 12.3 Å². The molecule has 1 aromatic rings. The summed E-state index contributed by atoms with van der Waals surface area (Å²) in [5, 5.41) is 0. The van der Waals surface area contributed by atoms with E-state index in [4.69, 9.17) is 10.5 Å². The molecule has 0 bridgehead atoms. The summed E-state index contributed by atoms with van der Waals surface area (Å²) in [4.78, 5) is 7.97. The Morgan fingerprint density at radius 1 is 1.31 bits per heavy atom. The van der Waals surface area contributed by atoms with Crippen molar-refractivity contribution in [3.05, 3.63) is 24.3 Å². The summed E-state index contributed by atoms with van der Waals surface area (Å²) >= 11 is 0. The number of hydrogen-bond donors (Lipinski definition) is 1. The van der Waals surface area contributed by atoms with Crippen molar-refractivity contribution in [3.63, 3.8) is 0 Å². The predicted octanol–water partition coefficient (Wildman–Crippen LogP) is 1.93. The van der Waals surface area contributed by atoms with E-state index < -0.39 is 0 Å². The van der Waals surface area contributed by atoms with Crippen molar-refractivity contribution < 1.29 is 4.74 Å². The molecule has 0 saturated heterocycles. The number of hydrogen-bond acceptors (Lipinski definition) is 4. The van der Waals surface area contributed by atoms with Crippen molar-refractivity contribution >= 4 is 0 Å². The van der Waals surface area contributed by atoms with E-state index >= 15 is 0 Å². The molecule has 2 unspecified atom stereocenters. The molecule has 1 rings (SSSR count). The van der Waals surface area contributed by atoms with Crippen LogP contribution in [0.4, 0.5) is 0 Å². The molecule has 0 radical (unpaired) electrons. The monoisotopic (exact) mass is 223 g/mol. The topological polar surface area (TPSA) is 61.0 Å². The minimum absolute atomic E-state index is 0.00866. The molecule has 0 aliphatic carbocycles. The van der Waals surface area contributed by atoms with Gasteiger partial charge in [0.15, 0.2) is 0 Å². The highest BCUT2D eigenvalue weighted by Crippen LogP contribution is 2.30. The molecule has 0 aromatic carbocycles. The molecule has 4 nitrogen and oxygen atoms in total. The lowest BCUT2D eigenvalue weighted by molar-refractivity contribution is -0.0284. The standard InChI is InChI=1S/C12H21N3O/c1-5-16-11(12(2,3)4)10(13)9-6-14-8-15-7-9/h6-8,10-11H,5,13H2,1-4H3. The smallest absolute Gasteiger partial charge is 0.115 e. The molecule has 1 heterocycles. The quantitative estimate of drug-likeness (QED) is 0.847. The minimum atomic E-state index is -0.193. The van der Waals surface area contributed by atoms with Gasteiger partial charge < -0.3 is 10.5 Å². The summed E-state index contributed by atoms with van der Waals surface area (Å²) in [6.45, 7) is 9.00. The van der Waals surface area contributed by atoms with Crippen LogP contribution in [0.3, 0.4) is 0 Å². The van der Waals surface area contributed by atoms with Gasteiger partial charge in [-0.15, -0.1) is 0 Å². The highest BCUT2D eigenvalue weighted by Gasteiger charge is 2.31. The highest BCUT2D eigenvalue weighted by atomic mass is 16.5. The van der Waals surface area contributed by atoms with Gasteiger partial charge in [-0.1, -0.05) is 20.8 Å². The van der Waals surface area contributed by atoms with E-state index in [1.807, 2.05) is 6.92 Å². The molecule has 16 heavy (non-hydrogen) atoms. The summed E-state index contributed by atoms with van der Waals surface area (Å²) in [6, 6.07) is -0.193. The fourth-order valence-corrected chi connectivity index (χ4v) is 1.73. The van der Waals surface area contributed by atoms with Crippen molar-refractivity contribution in [2.75, 3.05) is 6.61 Å². The van der Waals surface area contributed by atoms with Gasteiger partial charge in [0.05, 0.1) is 12.1 Å². The maximum absolute atomic E-state index is 6.21. The molecule has 0 saturated carbocycles. The lowest BCUT2D eigenvalue weighted by Crippen LogP contribution is -2.39. The largest absolute Gasteiger partial charge is 0.376 e. The Morgan fingerprint density at radius 3 is 2.31 bits per heavy atom. The van der Waals surface area contributed by atoms with Crippen LogP contribution in [0.2, 0.25) is 0 Å². The summed E-state index contributed by atoms with van der Waals surface area (Å²) < 4.78 is 5.74. The highest BCUT2D eigenvalue weighted by molar-refractivity contribution is 5.11. The van der Waals surface area contributed by atoms with Crippen molar-refractivity contribution in [3.8, 4) is 0 Å². The predicted molar refractivity (Wildman–Crippen MR) is 63.8 cm³/mol. The molecule has 0 amide bonds. The van der Waals surface area contributed by atoms with Gasteiger partial charge >= 0.3 is 0 Å². The van der Waals surface area contributed by atoms with E-state index in [1.165, 1.54) is 6.33 Å². The molecule has 0 aliphatic rings. The van der Waals surface area contributed by atoms with Crippen molar-refractivity contribution in [1.29, 1.82) is 0 Å². The van der Waals surface area contributed by atoms with Crippen molar-refractivity contribution in [1.82, 2.24) is 9.97 Å². The number of rotatable bonds is 4. The molecule has 90 valence electrons. The fraction of sp³-hybridized carbons (Fsp3) is 0.667. The van der Waals surface area contributed by atoms with E-state index in [2.05, 4.69) is 30.7 Å². The van der Waals surface area contributed by atoms with Gasteiger partial charge in [-0.3, -0.25) is 0 Å². The lowest BCUT2D eigenvalue weighted by Gasteiger charge is -2.34. The Morgan fingerprint density at radius 2 is 1.88 bits per heavy atom. The fourth-order valence-electron chi connectivity index (χ4n) is 1.73. The molecule has 2 N–H and O–H groups in total. The molecular weight excluding hydrogens is 202 g/mol. The Labute approximate surface area is 97.2 Å². The van der Waals surface area contributed by atoms with E-state index in [-0.39, 0.29) is 17.6 Å². The van der Waals surface area contributed by atoms with Crippen LogP contribution in [-0.4, -0.2) is 22.7 Å². The van der Waals surface area contributed by atoms with Crippen molar-refractivity contribution in [2.45, 2.75) is 39.8 Å². The second-order valence-corrected chi connectivity index (χ2v) is 4.94. The molecule has 0 fully saturated rings. The van der Waals surface area contributed by atoms with Crippen LogP contribution >= 0.6 is 0 Å². The maximum Gasteiger partial charge on any atom is 0.115 e. The normalized spacial score (nSPS) is 15.8. The van der Waals surface area contributed by atoms with Gasteiger partial charge in [0.1, 0.15) is 6.33 Å². The van der Waals surface area contributed by atoms with Gasteiger partial charge in [0.2, 0.25) is 0 Å². The van der Waals surface area contributed by atoms with Gasteiger partial charge in [-0.2, -0.15) is 0 Å². The summed E-state index contributed by atoms with van der Waals surface area (Å²) in [6.07, 6.45) is 4.96. The van der Waals surface area contributed by atoms with Crippen LogP contribution in [0.15, 0.2) is 18.7 Å². The van der Waals surface area contributed by atoms with Crippen LogP contribution < -0.4 is 5.73 Å². The minimum Gasteiger partial charge on any atom is -0.376 e. The Hall–Kier alpha value is -1.00. The Balaban J connectivity index is 2.87. The zero-order chi connectivity index (χ0) is 12.2. The lowest BCUT2D eigenvalue weighted by atomic mass is 9.83. The van der Waals surface area contributed by atoms with Crippen LogP contribution in [0, 0.1) is 5.41 Å². The van der Waals surface area contributed by atoms with E-state index in [1.54, 1.807) is 12.4 Å². The number of nitrogens with two attached hydrogens (primary N) is 1. The zero-order valence-electron chi connectivity index (χ0n) is 10.5. The first kappa shape index (κ1) is 13.1. The van der Waals surface area contributed by atoms with Gasteiger partial charge in [-0.25, -0.2) is 9.97 Å². The van der Waals surface area contributed by atoms with Gasteiger partial charge in [0.25, 0.3) is 0 Å². The van der Waals surface area contributed by atoms with E-state index in [0.717, 1.165) is 5.56 Å². The summed E-state index contributed by atoms with van der Waals surface area (Å²) in [5.41, 5.74) is 7.11. The second-order valence-electron chi connectivity index (χ2n) is 4.94. The Kier molecular flexibility index (Phi) is 4.38. The molecule has 0 spiro atoms. The molecule has 0 aliphatic heterocycles. The maximum atomic E-state index is 6.21. The third-order valence-corrected chi connectivity index (χ3v) is 2.49. The molecular formula is C12H21N3O. The van der Waals surface area contributed by atoms with Gasteiger partial charge in [0, 0.05) is 24.6 Å². The summed E-state index contributed by atoms with van der Waals surface area (Å²) in [5.74, 6) is 0. The average Bonchev–Trinajstić information content (AvgIpc) is 2.25. The molecule has 1 aromatic heterocycles. The van der Waals surface area contributed by atoms with Crippen LogP contribution in [0.5, 0.6) is 0 Å². The summed E-state index contributed by atoms with van der Waals surface area (Å²) in [7, 11) is 0. The first-order chi connectivity index (χ1) is 7.46. The van der Waals surface area contributed by atoms with Crippen LogP contribution in [-0.2, 0) is 4.74 Å². The first-order valence-corrected chi connectivity index (χ1v) is 5.59. The van der Waals surface area contributed by atoms with Crippen LogP contribution in [0.25, 0.3) is 0 Å². The number of aromatic nitrogens is 2. The third kappa shape index (κ3) is 3.25. The Bertz CT molecular complexity index is 308. The SMILES string of the molecule is CCOC(C(N)c1cncnc1)C(C)(C)C. The number of nitrogens with zero attached hydrogens (tertiary/aromatic N) is 2. The first-order valence-electron chi connectivity index (χ1n) is 5.59. The average molecular weight is 223 g/mol. The third-order valence-electron chi connectivity index (χ3n) is 2.49. The van der Waals surface area contributed by atoms with E-state index in [9.17, 15) is 0 Å². The zero-order valence-corrected chi connectivity index (χ0v) is 10.5.